The van der Waals surface area contributed by atoms with Crippen LogP contribution in [0.5, 0.6) is 0 Å². The van der Waals surface area contributed by atoms with E-state index in [0.29, 0.717) is 42.7 Å². The molecule has 2 saturated heterocycles. The molecular weight excluding hydrogens is 416 g/mol. The van der Waals surface area contributed by atoms with Gasteiger partial charge in [0.15, 0.2) is 0 Å². The Balaban J connectivity index is 1.23. The second-order valence-electron chi connectivity index (χ2n) is 8.41. The zero-order valence-corrected chi connectivity index (χ0v) is 18.5. The molecule has 1 aromatic carbocycles. The number of hydrogen-bond donors (Lipinski definition) is 0. The van der Waals surface area contributed by atoms with Gasteiger partial charge in [0.1, 0.15) is 0 Å². The van der Waals surface area contributed by atoms with Gasteiger partial charge in [0.2, 0.25) is 23.5 Å². The summed E-state index contributed by atoms with van der Waals surface area (Å²) in [5.41, 5.74) is 0.821. The lowest BCUT2D eigenvalue weighted by atomic mass is 9.95. The Morgan fingerprint density at radius 2 is 1.65 bits per heavy atom. The molecule has 2 aliphatic rings. The van der Waals surface area contributed by atoms with Crippen molar-refractivity contribution in [3.63, 3.8) is 0 Å². The molecule has 2 fully saturated rings. The summed E-state index contributed by atoms with van der Waals surface area (Å²) in [7, 11) is 0. The van der Waals surface area contributed by atoms with Gasteiger partial charge in [-0.25, -0.2) is 0 Å². The highest BCUT2D eigenvalue weighted by molar-refractivity contribution is 6.30. The van der Waals surface area contributed by atoms with E-state index in [0.717, 1.165) is 44.3 Å². The van der Waals surface area contributed by atoms with Crippen molar-refractivity contribution in [2.45, 2.75) is 51.4 Å². The molecule has 166 valence electrons. The summed E-state index contributed by atoms with van der Waals surface area (Å²) in [4.78, 5) is 33.7. The molecule has 3 heterocycles. The van der Waals surface area contributed by atoms with Crippen LogP contribution >= 0.6 is 11.6 Å². The van der Waals surface area contributed by atoms with Crippen molar-refractivity contribution in [1.82, 2.24) is 19.9 Å². The van der Waals surface area contributed by atoms with Gasteiger partial charge in [-0.1, -0.05) is 29.6 Å². The number of rotatable bonds is 5. The summed E-state index contributed by atoms with van der Waals surface area (Å²) in [6.07, 6.45) is 6.90. The van der Waals surface area contributed by atoms with E-state index < -0.39 is 0 Å². The maximum absolute atomic E-state index is 12.8. The van der Waals surface area contributed by atoms with Crippen molar-refractivity contribution in [1.29, 1.82) is 0 Å². The van der Waals surface area contributed by atoms with E-state index in [2.05, 4.69) is 10.1 Å². The van der Waals surface area contributed by atoms with Gasteiger partial charge in [-0.05, 0) is 49.9 Å². The fraction of sp³-hybridized carbons (Fsp3) is 0.565. The van der Waals surface area contributed by atoms with Crippen molar-refractivity contribution in [2.75, 3.05) is 26.2 Å². The molecule has 2 aromatic rings. The number of carbonyl (C=O) groups is 2. The number of benzene rings is 1. The summed E-state index contributed by atoms with van der Waals surface area (Å²) in [6.45, 7) is 3.06. The van der Waals surface area contributed by atoms with Crippen LogP contribution in [0.4, 0.5) is 0 Å². The minimum atomic E-state index is 0.0556. The number of hydrogen-bond acceptors (Lipinski definition) is 5. The standard InChI is InChI=1S/C23H29ClN4O3/c24-19-7-5-17(6-8-19)22-25-20(31-26-22)9-10-21(29)27-15-11-18(12-16-27)23(30)28-13-3-1-2-4-14-28/h5-8,18H,1-4,9-16H2. The molecule has 31 heavy (non-hydrogen) atoms. The van der Waals surface area contributed by atoms with Crippen molar-refractivity contribution >= 4 is 23.4 Å². The Hall–Kier alpha value is -2.41. The van der Waals surface area contributed by atoms with Crippen LogP contribution in [0.2, 0.25) is 5.02 Å². The zero-order chi connectivity index (χ0) is 21.6. The Kier molecular flexibility index (Phi) is 7.22. The first-order valence-electron chi connectivity index (χ1n) is 11.3. The number of amides is 2. The normalized spacial score (nSPS) is 18.1. The third-order valence-electron chi connectivity index (χ3n) is 6.24. The monoisotopic (exact) mass is 444 g/mol. The van der Waals surface area contributed by atoms with Crippen LogP contribution in [0, 0.1) is 5.92 Å². The first-order chi connectivity index (χ1) is 15.1. The minimum Gasteiger partial charge on any atom is -0.343 e. The highest BCUT2D eigenvalue weighted by Gasteiger charge is 2.30. The fourth-order valence-electron chi connectivity index (χ4n) is 4.37. The molecule has 2 amide bonds. The lowest BCUT2D eigenvalue weighted by Crippen LogP contribution is -2.44. The molecule has 0 atom stereocenters. The lowest BCUT2D eigenvalue weighted by molar-refractivity contribution is -0.140. The fourth-order valence-corrected chi connectivity index (χ4v) is 4.50. The Morgan fingerprint density at radius 3 is 2.32 bits per heavy atom. The van der Waals surface area contributed by atoms with Crippen LogP contribution < -0.4 is 0 Å². The number of aromatic nitrogens is 2. The first kappa shape index (κ1) is 21.8. The zero-order valence-electron chi connectivity index (χ0n) is 17.8. The van der Waals surface area contributed by atoms with Crippen molar-refractivity contribution < 1.29 is 14.1 Å². The third-order valence-corrected chi connectivity index (χ3v) is 6.49. The molecule has 0 aliphatic carbocycles. The summed E-state index contributed by atoms with van der Waals surface area (Å²) >= 11 is 5.91. The number of likely N-dealkylation sites (tertiary alicyclic amines) is 2. The molecule has 0 bridgehead atoms. The summed E-state index contributed by atoms with van der Waals surface area (Å²) in [5, 5.41) is 4.64. The van der Waals surface area contributed by atoms with Gasteiger partial charge >= 0.3 is 0 Å². The number of halogens is 1. The van der Waals surface area contributed by atoms with E-state index in [1.807, 2.05) is 21.9 Å². The quantitative estimate of drug-likeness (QED) is 0.697. The summed E-state index contributed by atoms with van der Waals surface area (Å²) < 4.78 is 5.30. The molecule has 7 nitrogen and oxygen atoms in total. The topological polar surface area (TPSA) is 79.5 Å². The second-order valence-corrected chi connectivity index (χ2v) is 8.85. The number of nitrogens with zero attached hydrogens (tertiary/aromatic N) is 4. The van der Waals surface area contributed by atoms with Crippen LogP contribution in [-0.2, 0) is 16.0 Å². The van der Waals surface area contributed by atoms with E-state index >= 15 is 0 Å². The molecule has 8 heteroatoms. The lowest BCUT2D eigenvalue weighted by Gasteiger charge is -2.34. The van der Waals surface area contributed by atoms with E-state index in [1.54, 1.807) is 12.1 Å². The molecular formula is C23H29ClN4O3. The van der Waals surface area contributed by atoms with Crippen LogP contribution in [-0.4, -0.2) is 57.9 Å². The summed E-state index contributed by atoms with van der Waals surface area (Å²) in [5.74, 6) is 1.36. The van der Waals surface area contributed by atoms with Gasteiger partial charge in [0, 0.05) is 55.5 Å². The number of piperidine rings is 1. The Labute approximate surface area is 187 Å². The van der Waals surface area contributed by atoms with Crippen LogP contribution in [0.3, 0.4) is 0 Å². The van der Waals surface area contributed by atoms with Crippen LogP contribution in [0.25, 0.3) is 11.4 Å². The van der Waals surface area contributed by atoms with Crippen LogP contribution in [0.15, 0.2) is 28.8 Å². The molecule has 0 unspecified atom stereocenters. The largest absolute Gasteiger partial charge is 0.343 e. The molecule has 4 rings (SSSR count). The number of aryl methyl sites for hydroxylation is 1. The van der Waals surface area contributed by atoms with Crippen molar-refractivity contribution in [3.8, 4) is 11.4 Å². The van der Waals surface area contributed by atoms with E-state index in [-0.39, 0.29) is 17.7 Å². The van der Waals surface area contributed by atoms with Gasteiger partial charge in [-0.15, -0.1) is 0 Å². The van der Waals surface area contributed by atoms with E-state index in [4.69, 9.17) is 16.1 Å². The Morgan fingerprint density at radius 1 is 0.968 bits per heavy atom. The minimum absolute atomic E-state index is 0.0556. The predicted molar refractivity (Wildman–Crippen MR) is 117 cm³/mol. The van der Waals surface area contributed by atoms with Gasteiger partial charge < -0.3 is 14.3 Å². The average molecular weight is 445 g/mol. The third kappa shape index (κ3) is 5.64. The highest BCUT2D eigenvalue weighted by atomic mass is 35.5. The highest BCUT2D eigenvalue weighted by Crippen LogP contribution is 2.23. The average Bonchev–Trinajstić information content (AvgIpc) is 3.10. The van der Waals surface area contributed by atoms with Gasteiger partial charge in [0.05, 0.1) is 0 Å². The number of carbonyl (C=O) groups excluding carboxylic acids is 2. The molecule has 1 aromatic heterocycles. The van der Waals surface area contributed by atoms with Gasteiger partial charge in [0.25, 0.3) is 0 Å². The molecule has 0 N–H and O–H groups in total. The molecule has 2 aliphatic heterocycles. The van der Waals surface area contributed by atoms with Crippen molar-refractivity contribution in [2.24, 2.45) is 5.92 Å². The molecule has 0 spiro atoms. The smallest absolute Gasteiger partial charge is 0.227 e. The maximum Gasteiger partial charge on any atom is 0.227 e. The Bertz CT molecular complexity index is 882. The van der Waals surface area contributed by atoms with Crippen LogP contribution in [0.1, 0.15) is 50.8 Å². The SMILES string of the molecule is O=C(CCc1nc(-c2ccc(Cl)cc2)no1)N1CCC(C(=O)N2CCCCCC2)CC1. The maximum atomic E-state index is 12.8. The van der Waals surface area contributed by atoms with Gasteiger partial charge in [-0.3, -0.25) is 9.59 Å². The van der Waals surface area contributed by atoms with E-state index in [9.17, 15) is 9.59 Å². The van der Waals surface area contributed by atoms with E-state index in [1.165, 1.54) is 12.8 Å². The molecule has 0 saturated carbocycles. The predicted octanol–water partition coefficient (Wildman–Crippen LogP) is 3.96. The van der Waals surface area contributed by atoms with Gasteiger partial charge in [-0.2, -0.15) is 4.98 Å². The first-order valence-corrected chi connectivity index (χ1v) is 11.6. The second kappa shape index (κ2) is 10.3. The molecule has 0 radical (unpaired) electrons. The van der Waals surface area contributed by atoms with Crippen molar-refractivity contribution in [3.05, 3.63) is 35.2 Å². The summed E-state index contributed by atoms with van der Waals surface area (Å²) in [6, 6.07) is 7.22.